The molecule has 144 valence electrons. The van der Waals surface area contributed by atoms with E-state index in [1.165, 1.54) is 12.1 Å². The lowest BCUT2D eigenvalue weighted by Gasteiger charge is -2.34. The van der Waals surface area contributed by atoms with Gasteiger partial charge in [-0.15, -0.1) is 0 Å². The van der Waals surface area contributed by atoms with Gasteiger partial charge in [-0.1, -0.05) is 36.8 Å². The topological polar surface area (TPSA) is 35.6 Å². The number of hydrogen-bond donors (Lipinski definition) is 1. The maximum atomic E-state index is 13.2. The van der Waals surface area contributed by atoms with Crippen LogP contribution in [0.2, 0.25) is 0 Å². The average Bonchev–Trinajstić information content (AvgIpc) is 2.72. The zero-order chi connectivity index (χ0) is 19.1. The number of benzene rings is 2. The minimum absolute atomic E-state index is 0.0543. The summed E-state index contributed by atoms with van der Waals surface area (Å²) in [5.74, 6) is 0.0543. The van der Waals surface area contributed by atoms with Gasteiger partial charge in [-0.05, 0) is 69.6 Å². The average molecular weight is 366 g/mol. The Balaban J connectivity index is 1.76. The Hall–Kier alpha value is -2.33. The first-order chi connectivity index (χ1) is 13.2. The van der Waals surface area contributed by atoms with Crippen molar-refractivity contribution in [2.24, 2.45) is 0 Å². The zero-order valence-corrected chi connectivity index (χ0v) is 16.5. The van der Waals surface area contributed by atoms with Crippen molar-refractivity contribution in [3.05, 3.63) is 60.2 Å². The third kappa shape index (κ3) is 4.89. The van der Waals surface area contributed by atoms with Gasteiger partial charge in [-0.2, -0.15) is 0 Å². The van der Waals surface area contributed by atoms with Crippen molar-refractivity contribution in [1.82, 2.24) is 4.90 Å². The van der Waals surface area contributed by atoms with Gasteiger partial charge in [0.2, 0.25) is 5.91 Å². The number of rotatable bonds is 7. The molecule has 0 aromatic heterocycles. The van der Waals surface area contributed by atoms with Gasteiger partial charge in [0.15, 0.2) is 0 Å². The molecule has 1 atom stereocenters. The Bertz CT molecular complexity index is 704. The molecule has 2 aromatic rings. The quantitative estimate of drug-likeness (QED) is 0.772. The van der Waals surface area contributed by atoms with Gasteiger partial charge in [-0.3, -0.25) is 9.69 Å². The molecule has 0 aliphatic carbocycles. The number of carbonyl (C=O) groups is 1. The van der Waals surface area contributed by atoms with E-state index in [1.807, 2.05) is 30.3 Å². The van der Waals surface area contributed by atoms with E-state index >= 15 is 0 Å². The Labute approximate surface area is 163 Å². The SMILES string of the molecule is CCN(CC)c1ccc(NC(=O)C(c2ccccc2)N2CCCCC2)cc1. The molecule has 1 fully saturated rings. The number of carbonyl (C=O) groups excluding carboxylic acids is 1. The van der Waals surface area contributed by atoms with Crippen LogP contribution in [0.15, 0.2) is 54.6 Å². The Kier molecular flexibility index (Phi) is 6.88. The largest absolute Gasteiger partial charge is 0.372 e. The van der Waals surface area contributed by atoms with Gasteiger partial charge in [0, 0.05) is 24.5 Å². The fourth-order valence-electron chi connectivity index (χ4n) is 3.89. The van der Waals surface area contributed by atoms with Crippen LogP contribution in [-0.4, -0.2) is 37.0 Å². The summed E-state index contributed by atoms with van der Waals surface area (Å²) in [5.41, 5.74) is 3.11. The van der Waals surface area contributed by atoms with Gasteiger partial charge >= 0.3 is 0 Å². The first kappa shape index (κ1) is 19.4. The van der Waals surface area contributed by atoms with Crippen molar-refractivity contribution >= 4 is 17.3 Å². The van der Waals surface area contributed by atoms with Crippen LogP contribution in [0.3, 0.4) is 0 Å². The van der Waals surface area contributed by atoms with Gasteiger partial charge in [0.05, 0.1) is 0 Å². The molecular weight excluding hydrogens is 334 g/mol. The molecule has 1 aliphatic heterocycles. The number of hydrogen-bond acceptors (Lipinski definition) is 3. The number of amides is 1. The molecule has 4 heteroatoms. The van der Waals surface area contributed by atoms with E-state index in [4.69, 9.17) is 0 Å². The fraction of sp³-hybridized carbons (Fsp3) is 0.435. The van der Waals surface area contributed by atoms with Gasteiger partial charge in [-0.25, -0.2) is 0 Å². The number of anilines is 2. The zero-order valence-electron chi connectivity index (χ0n) is 16.5. The number of likely N-dealkylation sites (tertiary alicyclic amines) is 1. The summed E-state index contributed by atoms with van der Waals surface area (Å²) < 4.78 is 0. The summed E-state index contributed by atoms with van der Waals surface area (Å²) in [6, 6.07) is 18.1. The highest BCUT2D eigenvalue weighted by molar-refractivity contribution is 5.95. The maximum absolute atomic E-state index is 13.2. The minimum atomic E-state index is -0.228. The third-order valence-corrected chi connectivity index (χ3v) is 5.38. The molecule has 27 heavy (non-hydrogen) atoms. The van der Waals surface area contributed by atoms with Crippen LogP contribution in [0, 0.1) is 0 Å². The summed E-state index contributed by atoms with van der Waals surface area (Å²) in [4.78, 5) is 17.8. The monoisotopic (exact) mass is 365 g/mol. The van der Waals surface area contributed by atoms with Crippen LogP contribution in [0.5, 0.6) is 0 Å². The highest BCUT2D eigenvalue weighted by Crippen LogP contribution is 2.27. The van der Waals surface area contributed by atoms with Crippen molar-refractivity contribution in [2.45, 2.75) is 39.2 Å². The van der Waals surface area contributed by atoms with Crippen molar-refractivity contribution < 1.29 is 4.79 Å². The van der Waals surface area contributed by atoms with E-state index in [2.05, 4.69) is 53.2 Å². The molecule has 0 bridgehead atoms. The second-order valence-corrected chi connectivity index (χ2v) is 7.12. The van der Waals surface area contributed by atoms with E-state index in [0.29, 0.717) is 0 Å². The third-order valence-electron chi connectivity index (χ3n) is 5.38. The van der Waals surface area contributed by atoms with Crippen LogP contribution in [0.1, 0.15) is 44.7 Å². The summed E-state index contributed by atoms with van der Waals surface area (Å²) in [5, 5.41) is 3.14. The number of nitrogens with one attached hydrogen (secondary N) is 1. The van der Waals surface area contributed by atoms with E-state index in [1.54, 1.807) is 0 Å². The summed E-state index contributed by atoms with van der Waals surface area (Å²) in [6.45, 7) is 8.23. The molecule has 1 amide bonds. The van der Waals surface area contributed by atoms with Crippen LogP contribution < -0.4 is 10.2 Å². The smallest absolute Gasteiger partial charge is 0.246 e. The van der Waals surface area contributed by atoms with Crippen LogP contribution in [0.4, 0.5) is 11.4 Å². The maximum Gasteiger partial charge on any atom is 0.246 e. The van der Waals surface area contributed by atoms with Gasteiger partial charge in [0.25, 0.3) is 0 Å². The molecule has 3 rings (SSSR count). The molecular formula is C23H31N3O. The Morgan fingerprint density at radius 1 is 0.963 bits per heavy atom. The van der Waals surface area contributed by atoms with Crippen molar-refractivity contribution in [1.29, 1.82) is 0 Å². The predicted octanol–water partition coefficient (Wildman–Crippen LogP) is 4.70. The van der Waals surface area contributed by atoms with Crippen molar-refractivity contribution in [3.63, 3.8) is 0 Å². The lowest BCUT2D eigenvalue weighted by molar-refractivity contribution is -0.122. The van der Waals surface area contributed by atoms with Crippen LogP contribution in [-0.2, 0) is 4.79 Å². The molecule has 1 N–H and O–H groups in total. The van der Waals surface area contributed by atoms with Crippen molar-refractivity contribution in [3.8, 4) is 0 Å². The first-order valence-electron chi connectivity index (χ1n) is 10.2. The molecule has 0 radical (unpaired) electrons. The fourth-order valence-corrected chi connectivity index (χ4v) is 3.89. The number of nitrogens with zero attached hydrogens (tertiary/aromatic N) is 2. The molecule has 1 aliphatic rings. The Morgan fingerprint density at radius 3 is 2.19 bits per heavy atom. The normalized spacial score (nSPS) is 15.9. The van der Waals surface area contributed by atoms with Crippen LogP contribution >= 0.6 is 0 Å². The molecule has 1 saturated heterocycles. The highest BCUT2D eigenvalue weighted by Gasteiger charge is 2.28. The van der Waals surface area contributed by atoms with E-state index in [9.17, 15) is 4.79 Å². The summed E-state index contributed by atoms with van der Waals surface area (Å²) in [6.07, 6.45) is 3.58. The van der Waals surface area contributed by atoms with E-state index < -0.39 is 0 Å². The molecule has 4 nitrogen and oxygen atoms in total. The Morgan fingerprint density at radius 2 is 1.59 bits per heavy atom. The molecule has 1 heterocycles. The molecule has 0 spiro atoms. The molecule has 0 saturated carbocycles. The van der Waals surface area contributed by atoms with Crippen molar-refractivity contribution in [2.75, 3.05) is 36.4 Å². The molecule has 1 unspecified atom stereocenters. The molecule has 2 aromatic carbocycles. The first-order valence-corrected chi connectivity index (χ1v) is 10.2. The lowest BCUT2D eigenvalue weighted by atomic mass is 10.0. The van der Waals surface area contributed by atoms with Crippen LogP contribution in [0.25, 0.3) is 0 Å². The van der Waals surface area contributed by atoms with E-state index in [-0.39, 0.29) is 11.9 Å². The van der Waals surface area contributed by atoms with Gasteiger partial charge < -0.3 is 10.2 Å². The van der Waals surface area contributed by atoms with E-state index in [0.717, 1.165) is 50.3 Å². The standard InChI is InChI=1S/C23H31N3O/c1-3-25(4-2)21-15-13-20(14-16-21)24-23(27)22(19-11-7-5-8-12-19)26-17-9-6-10-18-26/h5,7-8,11-16,22H,3-4,6,9-10,17-18H2,1-2H3,(H,24,27). The van der Waals surface area contributed by atoms with Gasteiger partial charge in [0.1, 0.15) is 6.04 Å². The highest BCUT2D eigenvalue weighted by atomic mass is 16.2. The summed E-state index contributed by atoms with van der Waals surface area (Å²) in [7, 11) is 0. The summed E-state index contributed by atoms with van der Waals surface area (Å²) >= 11 is 0. The number of piperidine rings is 1. The lowest BCUT2D eigenvalue weighted by Crippen LogP contribution is -2.40. The second kappa shape index (κ2) is 9.56. The predicted molar refractivity (Wildman–Crippen MR) is 113 cm³/mol. The second-order valence-electron chi connectivity index (χ2n) is 7.12. The minimum Gasteiger partial charge on any atom is -0.372 e.